The second-order valence-corrected chi connectivity index (χ2v) is 8.37. The fourth-order valence-electron chi connectivity index (χ4n) is 4.39. The summed E-state index contributed by atoms with van der Waals surface area (Å²) in [5.41, 5.74) is 4.08. The summed E-state index contributed by atoms with van der Waals surface area (Å²) in [5.74, 6) is 0.994. The number of fused-ring (bicyclic) bond motifs is 1. The second kappa shape index (κ2) is 7.50. The lowest BCUT2D eigenvalue weighted by molar-refractivity contribution is -0.120. The van der Waals surface area contributed by atoms with Crippen LogP contribution in [0.5, 0.6) is 11.5 Å². The maximum atomic E-state index is 14.8. The van der Waals surface area contributed by atoms with Gasteiger partial charge in [0.1, 0.15) is 11.6 Å². The maximum Gasteiger partial charge on any atom is 0.231 e. The molecule has 1 fully saturated rings. The van der Waals surface area contributed by atoms with E-state index < -0.39 is 5.41 Å². The van der Waals surface area contributed by atoms with Gasteiger partial charge in [-0.15, -0.1) is 0 Å². The van der Waals surface area contributed by atoms with Gasteiger partial charge in [0.15, 0.2) is 11.5 Å². The van der Waals surface area contributed by atoms with E-state index >= 15 is 0 Å². The molecule has 158 valence electrons. The van der Waals surface area contributed by atoms with Gasteiger partial charge in [0, 0.05) is 6.42 Å². The summed E-state index contributed by atoms with van der Waals surface area (Å²) >= 11 is 0. The number of hydrogen-bond acceptors (Lipinski definition) is 4. The third-order valence-corrected chi connectivity index (χ3v) is 6.37. The van der Waals surface area contributed by atoms with E-state index in [9.17, 15) is 14.3 Å². The molecule has 2 aliphatic rings. The number of rotatable bonds is 6. The normalized spacial score (nSPS) is 15.7. The molecule has 3 aromatic carbocycles. The highest BCUT2D eigenvalue weighted by Crippen LogP contribution is 2.51. The molecule has 31 heavy (non-hydrogen) atoms. The number of carbonyl (C=O) groups is 1. The number of aryl methyl sites for hydroxylation is 1. The zero-order valence-electron chi connectivity index (χ0n) is 17.3. The molecule has 0 atom stereocenters. The summed E-state index contributed by atoms with van der Waals surface area (Å²) in [4.78, 5) is 13.3. The van der Waals surface area contributed by atoms with E-state index in [4.69, 9.17) is 9.47 Å². The smallest absolute Gasteiger partial charge is 0.231 e. The van der Waals surface area contributed by atoms with Gasteiger partial charge in [-0.1, -0.05) is 24.3 Å². The average Bonchev–Trinajstić information content (AvgIpc) is 3.46. The fourth-order valence-corrected chi connectivity index (χ4v) is 4.39. The monoisotopic (exact) mass is 418 g/mol. The molecule has 0 bridgehead atoms. The number of aliphatic hydroxyl groups is 1. The van der Waals surface area contributed by atoms with Crippen molar-refractivity contribution in [1.82, 2.24) is 0 Å². The number of aliphatic hydroxyl groups excluding tert-OH is 1. The zero-order valence-corrected chi connectivity index (χ0v) is 17.3. The largest absolute Gasteiger partial charge is 0.454 e. The van der Waals surface area contributed by atoms with Crippen LogP contribution >= 0.6 is 0 Å². The molecule has 1 N–H and O–H groups in total. The van der Waals surface area contributed by atoms with Gasteiger partial charge in [-0.25, -0.2) is 4.39 Å². The fraction of sp³-hybridized carbons (Fsp3) is 0.269. The van der Waals surface area contributed by atoms with Crippen LogP contribution in [0.15, 0.2) is 54.6 Å². The van der Waals surface area contributed by atoms with Gasteiger partial charge in [-0.3, -0.25) is 4.79 Å². The number of ether oxygens (including phenoxy) is 2. The summed E-state index contributed by atoms with van der Waals surface area (Å²) in [6.45, 7) is 1.98. The van der Waals surface area contributed by atoms with Gasteiger partial charge < -0.3 is 14.6 Å². The summed E-state index contributed by atoms with van der Waals surface area (Å²) in [7, 11) is 0. The first-order valence-electron chi connectivity index (χ1n) is 10.4. The van der Waals surface area contributed by atoms with Crippen LogP contribution < -0.4 is 9.47 Å². The van der Waals surface area contributed by atoms with Crippen molar-refractivity contribution in [2.45, 2.75) is 38.2 Å². The van der Waals surface area contributed by atoms with Gasteiger partial charge in [-0.05, 0) is 83.5 Å². The number of carbonyl (C=O) groups excluding carboxylic acids is 1. The number of Topliss-reactive ketones (excluding diaryl/α,β-unsaturated/α-hetero) is 1. The van der Waals surface area contributed by atoms with E-state index in [1.807, 2.05) is 49.4 Å². The Morgan fingerprint density at radius 1 is 1.06 bits per heavy atom. The van der Waals surface area contributed by atoms with Crippen molar-refractivity contribution in [2.24, 2.45) is 0 Å². The Bertz CT molecular complexity index is 1180. The Labute approximate surface area is 180 Å². The molecule has 1 heterocycles. The topological polar surface area (TPSA) is 55.8 Å². The maximum absolute atomic E-state index is 14.8. The molecular formula is C26H23FO4. The Kier molecular flexibility index (Phi) is 4.78. The minimum absolute atomic E-state index is 0.0178. The molecular weight excluding hydrogens is 395 g/mol. The zero-order chi connectivity index (χ0) is 21.6. The van der Waals surface area contributed by atoms with E-state index in [1.54, 1.807) is 6.07 Å². The summed E-state index contributed by atoms with van der Waals surface area (Å²) in [5, 5.41) is 9.44. The summed E-state index contributed by atoms with van der Waals surface area (Å²) in [6.07, 6.45) is 1.54. The Hall–Kier alpha value is -3.18. The minimum Gasteiger partial charge on any atom is -0.454 e. The molecule has 1 saturated carbocycles. The van der Waals surface area contributed by atoms with Crippen LogP contribution in [0.2, 0.25) is 0 Å². The third kappa shape index (κ3) is 3.49. The number of hydrogen-bond donors (Lipinski definition) is 1. The summed E-state index contributed by atoms with van der Waals surface area (Å²) in [6, 6.07) is 16.4. The van der Waals surface area contributed by atoms with Crippen LogP contribution in [0.25, 0.3) is 11.1 Å². The van der Waals surface area contributed by atoms with Crippen LogP contribution in [0.3, 0.4) is 0 Å². The molecule has 0 unspecified atom stereocenters. The van der Waals surface area contributed by atoms with E-state index in [0.717, 1.165) is 40.7 Å². The third-order valence-electron chi connectivity index (χ3n) is 6.37. The molecule has 0 saturated heterocycles. The highest BCUT2D eigenvalue weighted by Gasteiger charge is 2.51. The van der Waals surface area contributed by atoms with Crippen LogP contribution in [0.4, 0.5) is 4.39 Å². The lowest BCUT2D eigenvalue weighted by Crippen LogP contribution is -2.23. The molecule has 1 aliphatic heterocycles. The van der Waals surface area contributed by atoms with E-state index in [2.05, 4.69) is 0 Å². The van der Waals surface area contributed by atoms with Crippen LogP contribution in [-0.2, 0) is 23.2 Å². The molecule has 0 amide bonds. The SMILES string of the molecule is Cc1cc(F)c(CC(=O)C2(c3ccc4c(c3)OCO4)CC2)cc1-c1cccc(CO)c1. The number of halogens is 1. The molecule has 5 heteroatoms. The Morgan fingerprint density at radius 2 is 1.87 bits per heavy atom. The highest BCUT2D eigenvalue weighted by molar-refractivity contribution is 5.95. The lowest BCUT2D eigenvalue weighted by atomic mass is 9.86. The summed E-state index contributed by atoms with van der Waals surface area (Å²) < 4.78 is 25.6. The first-order valence-corrected chi connectivity index (χ1v) is 10.4. The van der Waals surface area contributed by atoms with Gasteiger partial charge in [0.2, 0.25) is 6.79 Å². The molecule has 0 aromatic heterocycles. The van der Waals surface area contributed by atoms with E-state index in [0.29, 0.717) is 17.1 Å². The van der Waals surface area contributed by atoms with E-state index in [1.165, 1.54) is 6.07 Å². The quantitative estimate of drug-likeness (QED) is 0.621. The minimum atomic E-state index is -0.574. The second-order valence-electron chi connectivity index (χ2n) is 8.37. The van der Waals surface area contributed by atoms with Crippen LogP contribution in [0, 0.1) is 12.7 Å². The van der Waals surface area contributed by atoms with Crippen molar-refractivity contribution in [2.75, 3.05) is 6.79 Å². The Morgan fingerprint density at radius 3 is 2.65 bits per heavy atom. The molecule has 1 aliphatic carbocycles. The van der Waals surface area contributed by atoms with Crippen molar-refractivity contribution >= 4 is 5.78 Å². The van der Waals surface area contributed by atoms with Gasteiger partial charge in [0.25, 0.3) is 0 Å². The lowest BCUT2D eigenvalue weighted by Gasteiger charge is -2.17. The van der Waals surface area contributed by atoms with Gasteiger partial charge >= 0.3 is 0 Å². The van der Waals surface area contributed by atoms with Crippen LogP contribution in [0.1, 0.15) is 35.1 Å². The van der Waals surface area contributed by atoms with E-state index in [-0.39, 0.29) is 31.4 Å². The average molecular weight is 418 g/mol. The van der Waals surface area contributed by atoms with Crippen molar-refractivity contribution in [1.29, 1.82) is 0 Å². The first-order chi connectivity index (χ1) is 15.0. The van der Waals surface area contributed by atoms with Crippen molar-refractivity contribution in [3.8, 4) is 22.6 Å². The molecule has 4 nitrogen and oxygen atoms in total. The molecule has 0 spiro atoms. The highest BCUT2D eigenvalue weighted by atomic mass is 19.1. The van der Waals surface area contributed by atoms with Gasteiger partial charge in [0.05, 0.1) is 12.0 Å². The predicted octanol–water partition coefficient (Wildman–Crippen LogP) is 4.87. The molecule has 5 rings (SSSR count). The predicted molar refractivity (Wildman–Crippen MR) is 115 cm³/mol. The number of ketones is 1. The van der Waals surface area contributed by atoms with Crippen molar-refractivity contribution < 1.29 is 23.8 Å². The first kappa shape index (κ1) is 19.8. The number of benzene rings is 3. The van der Waals surface area contributed by atoms with Gasteiger partial charge in [-0.2, -0.15) is 0 Å². The molecule has 3 aromatic rings. The van der Waals surface area contributed by atoms with Crippen molar-refractivity contribution in [3.05, 3.63) is 82.7 Å². The van der Waals surface area contributed by atoms with Crippen molar-refractivity contribution in [3.63, 3.8) is 0 Å². The molecule has 0 radical (unpaired) electrons. The standard InChI is InChI=1S/C26H23FO4/c1-16-9-22(27)19(11-21(16)18-4-2-3-17(10-18)14-28)12-25(29)26(7-8-26)20-5-6-23-24(13-20)31-15-30-23/h2-6,9-11,13,28H,7-8,12,14-15H2,1H3. The van der Waals surface area contributed by atoms with Crippen LogP contribution in [-0.4, -0.2) is 17.7 Å². The Balaban J connectivity index is 1.45.